The smallest absolute Gasteiger partial charge is 0.119 e. The van der Waals surface area contributed by atoms with Crippen LogP contribution >= 0.6 is 0 Å². The normalized spacial score (nSPS) is 18.4. The highest BCUT2D eigenvalue weighted by Crippen LogP contribution is 2.54. The van der Waals surface area contributed by atoms with Gasteiger partial charge in [0, 0.05) is 18.0 Å². The van der Waals surface area contributed by atoms with E-state index in [1.807, 2.05) is 14.0 Å². The second-order valence-electron chi connectivity index (χ2n) is 5.12. The zero-order valence-corrected chi connectivity index (χ0v) is 11.6. The van der Waals surface area contributed by atoms with Gasteiger partial charge in [0.05, 0.1) is 6.61 Å². The fourth-order valence-corrected chi connectivity index (χ4v) is 2.83. The van der Waals surface area contributed by atoms with Crippen LogP contribution in [0, 0.1) is 5.41 Å². The van der Waals surface area contributed by atoms with E-state index in [1.165, 1.54) is 18.4 Å². The van der Waals surface area contributed by atoms with Crippen LogP contribution in [0.4, 0.5) is 0 Å². The van der Waals surface area contributed by atoms with Gasteiger partial charge in [-0.2, -0.15) is 0 Å². The van der Waals surface area contributed by atoms with E-state index in [0.717, 1.165) is 18.9 Å². The van der Waals surface area contributed by atoms with E-state index in [4.69, 9.17) is 4.74 Å². The van der Waals surface area contributed by atoms with Gasteiger partial charge in [-0.25, -0.2) is 0 Å². The molecule has 1 saturated carbocycles. The van der Waals surface area contributed by atoms with Crippen molar-refractivity contribution in [3.05, 3.63) is 29.8 Å². The molecule has 1 fully saturated rings. The maximum absolute atomic E-state index is 5.49. The molecule has 0 bridgehead atoms. The maximum Gasteiger partial charge on any atom is 0.119 e. The minimum atomic E-state index is 0.399. The summed E-state index contributed by atoms with van der Waals surface area (Å²) in [5, 5.41) is 6.80. The Bertz CT molecular complexity index is 371. The summed E-state index contributed by atoms with van der Waals surface area (Å²) in [5.41, 5.74) is 1.75. The molecule has 1 aromatic rings. The summed E-state index contributed by atoms with van der Waals surface area (Å²) in [6.07, 6.45) is 2.60. The summed E-state index contributed by atoms with van der Waals surface area (Å²) in [4.78, 5) is 0. The summed E-state index contributed by atoms with van der Waals surface area (Å²) in [7, 11) is 4.09. The Morgan fingerprint density at radius 3 is 2.33 bits per heavy atom. The van der Waals surface area contributed by atoms with E-state index in [2.05, 4.69) is 41.9 Å². The predicted molar refractivity (Wildman–Crippen MR) is 75.0 cm³/mol. The van der Waals surface area contributed by atoms with Crippen molar-refractivity contribution in [3.8, 4) is 5.75 Å². The Morgan fingerprint density at radius 2 is 1.89 bits per heavy atom. The van der Waals surface area contributed by atoms with E-state index >= 15 is 0 Å². The topological polar surface area (TPSA) is 33.3 Å². The van der Waals surface area contributed by atoms with E-state index in [-0.39, 0.29) is 0 Å². The molecule has 18 heavy (non-hydrogen) atoms. The number of hydrogen-bond donors (Lipinski definition) is 2. The molecule has 3 nitrogen and oxygen atoms in total. The van der Waals surface area contributed by atoms with Crippen molar-refractivity contribution in [2.45, 2.75) is 25.8 Å². The van der Waals surface area contributed by atoms with Crippen molar-refractivity contribution < 1.29 is 4.74 Å². The van der Waals surface area contributed by atoms with Gasteiger partial charge >= 0.3 is 0 Å². The van der Waals surface area contributed by atoms with Crippen LogP contribution < -0.4 is 15.4 Å². The lowest BCUT2D eigenvalue weighted by Gasteiger charge is -2.27. The zero-order valence-electron chi connectivity index (χ0n) is 11.6. The highest BCUT2D eigenvalue weighted by atomic mass is 16.5. The van der Waals surface area contributed by atoms with Crippen LogP contribution in [-0.2, 0) is 0 Å². The molecular weight excluding hydrogens is 224 g/mol. The Hall–Kier alpha value is -1.06. The first-order chi connectivity index (χ1) is 8.75. The number of rotatable bonds is 7. The third-order valence-corrected chi connectivity index (χ3v) is 3.85. The zero-order chi connectivity index (χ0) is 13.0. The molecule has 100 valence electrons. The molecule has 3 heteroatoms. The third-order valence-electron chi connectivity index (χ3n) is 3.85. The average Bonchev–Trinajstić information content (AvgIpc) is 3.14. The van der Waals surface area contributed by atoms with Crippen LogP contribution in [0.5, 0.6) is 5.75 Å². The first-order valence-corrected chi connectivity index (χ1v) is 6.80. The van der Waals surface area contributed by atoms with E-state index in [0.29, 0.717) is 11.5 Å². The molecule has 1 unspecified atom stereocenters. The molecule has 2 N–H and O–H groups in total. The molecule has 1 atom stereocenters. The number of ether oxygens (including phenoxy) is 1. The Labute approximate surface area is 110 Å². The van der Waals surface area contributed by atoms with E-state index in [1.54, 1.807) is 0 Å². The van der Waals surface area contributed by atoms with Gasteiger partial charge < -0.3 is 15.4 Å². The highest BCUT2D eigenvalue weighted by Gasteiger charge is 2.48. The third kappa shape index (κ3) is 2.68. The SMILES string of the molecule is CCOc1ccc(C(NC)C2(CNC)CC2)cc1. The van der Waals surface area contributed by atoms with Crippen molar-refractivity contribution >= 4 is 0 Å². The molecule has 1 aromatic carbocycles. The van der Waals surface area contributed by atoms with Gasteiger partial charge in [0.15, 0.2) is 0 Å². The quantitative estimate of drug-likeness (QED) is 0.777. The van der Waals surface area contributed by atoms with Gasteiger partial charge in [-0.1, -0.05) is 12.1 Å². The highest BCUT2D eigenvalue weighted by molar-refractivity contribution is 5.31. The van der Waals surface area contributed by atoms with Crippen LogP contribution in [0.1, 0.15) is 31.4 Å². The van der Waals surface area contributed by atoms with Crippen molar-refractivity contribution in [2.75, 3.05) is 27.2 Å². The molecule has 0 heterocycles. The second kappa shape index (κ2) is 5.72. The molecule has 2 rings (SSSR count). The van der Waals surface area contributed by atoms with Gasteiger partial charge in [0.2, 0.25) is 0 Å². The largest absolute Gasteiger partial charge is 0.494 e. The van der Waals surface area contributed by atoms with Gasteiger partial charge in [0.1, 0.15) is 5.75 Å². The van der Waals surface area contributed by atoms with Crippen molar-refractivity contribution in [1.82, 2.24) is 10.6 Å². The molecule has 1 aliphatic rings. The summed E-state index contributed by atoms with van der Waals surface area (Å²) >= 11 is 0. The molecule has 0 saturated heterocycles. The Morgan fingerprint density at radius 1 is 1.22 bits per heavy atom. The van der Waals surface area contributed by atoms with Gasteiger partial charge in [-0.3, -0.25) is 0 Å². The fourth-order valence-electron chi connectivity index (χ4n) is 2.83. The lowest BCUT2D eigenvalue weighted by Crippen LogP contribution is -2.33. The lowest BCUT2D eigenvalue weighted by molar-refractivity contribution is 0.336. The van der Waals surface area contributed by atoms with Crippen LogP contribution in [-0.4, -0.2) is 27.2 Å². The standard InChI is InChI=1S/C15H24N2O/c1-4-18-13-7-5-12(6-8-13)14(17-3)15(9-10-15)11-16-2/h5-8,14,16-17H,4,9-11H2,1-3H3. The first-order valence-electron chi connectivity index (χ1n) is 6.80. The van der Waals surface area contributed by atoms with Crippen LogP contribution in [0.3, 0.4) is 0 Å². The van der Waals surface area contributed by atoms with Crippen LogP contribution in [0.2, 0.25) is 0 Å². The lowest BCUT2D eigenvalue weighted by atomic mass is 9.90. The number of hydrogen-bond acceptors (Lipinski definition) is 3. The summed E-state index contributed by atoms with van der Waals surface area (Å²) in [6.45, 7) is 3.81. The van der Waals surface area contributed by atoms with Gasteiger partial charge in [0.25, 0.3) is 0 Å². The minimum absolute atomic E-state index is 0.399. The first kappa shape index (κ1) is 13.4. The van der Waals surface area contributed by atoms with Crippen molar-refractivity contribution in [2.24, 2.45) is 5.41 Å². The summed E-state index contributed by atoms with van der Waals surface area (Å²) < 4.78 is 5.49. The summed E-state index contributed by atoms with van der Waals surface area (Å²) in [5.74, 6) is 0.953. The van der Waals surface area contributed by atoms with Gasteiger partial charge in [-0.15, -0.1) is 0 Å². The molecule has 0 radical (unpaired) electrons. The van der Waals surface area contributed by atoms with Crippen LogP contribution in [0.25, 0.3) is 0 Å². The monoisotopic (exact) mass is 248 g/mol. The molecule has 0 aliphatic heterocycles. The molecular formula is C15H24N2O. The molecule has 0 aromatic heterocycles. The fraction of sp³-hybridized carbons (Fsp3) is 0.600. The molecule has 0 spiro atoms. The van der Waals surface area contributed by atoms with E-state index < -0.39 is 0 Å². The van der Waals surface area contributed by atoms with Gasteiger partial charge in [-0.05, 0) is 51.6 Å². The molecule has 0 amide bonds. The van der Waals surface area contributed by atoms with Crippen molar-refractivity contribution in [1.29, 1.82) is 0 Å². The predicted octanol–water partition coefficient (Wildman–Crippen LogP) is 2.35. The Balaban J connectivity index is 2.12. The van der Waals surface area contributed by atoms with Crippen LogP contribution in [0.15, 0.2) is 24.3 Å². The minimum Gasteiger partial charge on any atom is -0.494 e. The van der Waals surface area contributed by atoms with Crippen molar-refractivity contribution in [3.63, 3.8) is 0 Å². The maximum atomic E-state index is 5.49. The second-order valence-corrected chi connectivity index (χ2v) is 5.12. The average molecular weight is 248 g/mol. The Kier molecular flexibility index (Phi) is 4.25. The number of nitrogens with one attached hydrogen (secondary N) is 2. The molecule has 1 aliphatic carbocycles. The van der Waals surface area contributed by atoms with E-state index in [9.17, 15) is 0 Å². The summed E-state index contributed by atoms with van der Waals surface area (Å²) in [6, 6.07) is 8.93. The number of benzene rings is 1.